The Hall–Kier alpha value is -5.02. The van der Waals surface area contributed by atoms with Gasteiger partial charge in [0.25, 0.3) is 11.8 Å². The zero-order valence-corrected chi connectivity index (χ0v) is 25.7. The van der Waals surface area contributed by atoms with Crippen LogP contribution in [0.5, 0.6) is 23.0 Å². The molecule has 0 heterocycles. The highest BCUT2D eigenvalue weighted by molar-refractivity contribution is 6.32. The number of amides is 2. The molecule has 4 rings (SSSR count). The molecular weight excluding hydrogens is 582 g/mol. The van der Waals surface area contributed by atoms with E-state index in [9.17, 15) is 9.59 Å². The summed E-state index contributed by atoms with van der Waals surface area (Å²) in [5.74, 6) is 0.720. The number of methoxy groups -OCH3 is 1. The van der Waals surface area contributed by atoms with E-state index in [1.54, 1.807) is 30.3 Å². The van der Waals surface area contributed by atoms with Crippen molar-refractivity contribution in [3.05, 3.63) is 112 Å². The molecule has 228 valence electrons. The van der Waals surface area contributed by atoms with Gasteiger partial charge in [-0.05, 0) is 79.4 Å². The second kappa shape index (κ2) is 15.5. The number of rotatable bonds is 13. The maximum absolute atomic E-state index is 12.8. The van der Waals surface area contributed by atoms with Gasteiger partial charge >= 0.3 is 0 Å². The summed E-state index contributed by atoms with van der Waals surface area (Å²) in [4.78, 5) is 25.3. The lowest BCUT2D eigenvalue weighted by Crippen LogP contribution is -2.21. The Kier molecular flexibility index (Phi) is 11.2. The van der Waals surface area contributed by atoms with Crippen LogP contribution in [0.2, 0.25) is 5.02 Å². The number of anilines is 1. The van der Waals surface area contributed by atoms with Crippen molar-refractivity contribution in [2.24, 2.45) is 5.10 Å². The van der Waals surface area contributed by atoms with Crippen molar-refractivity contribution in [2.45, 2.75) is 27.4 Å². The minimum absolute atomic E-state index is 0.212. The molecule has 0 saturated carbocycles. The monoisotopic (exact) mass is 615 g/mol. The Balaban J connectivity index is 1.37. The third-order valence-corrected chi connectivity index (χ3v) is 6.88. The molecule has 0 aromatic heterocycles. The topological polar surface area (TPSA) is 107 Å². The number of benzene rings is 4. The third-order valence-electron chi connectivity index (χ3n) is 6.60. The lowest BCUT2D eigenvalue weighted by atomic mass is 10.1. The summed E-state index contributed by atoms with van der Waals surface area (Å²) in [7, 11) is 1.46. The number of carbonyl (C=O) groups is 2. The number of nitrogens with one attached hydrogen (secondary N) is 2. The predicted molar refractivity (Wildman–Crippen MR) is 171 cm³/mol. The van der Waals surface area contributed by atoms with Gasteiger partial charge in [0.1, 0.15) is 6.61 Å². The largest absolute Gasteiger partial charge is 0.493 e. The van der Waals surface area contributed by atoms with Crippen LogP contribution in [0.15, 0.2) is 84.0 Å². The van der Waals surface area contributed by atoms with E-state index in [1.807, 2.05) is 69.3 Å². The van der Waals surface area contributed by atoms with Gasteiger partial charge in [-0.1, -0.05) is 54.1 Å². The van der Waals surface area contributed by atoms with Crippen LogP contribution in [-0.2, 0) is 11.4 Å². The molecule has 4 aromatic carbocycles. The van der Waals surface area contributed by atoms with Gasteiger partial charge in [-0.3, -0.25) is 9.59 Å². The standard InChI is InChI=1S/C34H34ClN3O6/c1-5-42-30-18-26(14-15-29(30)43-20-24-11-7-6-8-12-24)34(40)38-36-19-25-16-27(35)33(31(17-25)41-4)44-21-32(39)37-28-13-9-10-22(2)23(28)3/h6-19H,5,20-21H2,1-4H3,(H,37,39)(H,38,40)/b36-19+. The minimum atomic E-state index is -0.440. The number of carbonyl (C=O) groups excluding carboxylic acids is 2. The zero-order valence-electron chi connectivity index (χ0n) is 25.0. The van der Waals surface area contributed by atoms with E-state index in [-0.39, 0.29) is 23.3 Å². The van der Waals surface area contributed by atoms with Crippen LogP contribution in [0.3, 0.4) is 0 Å². The van der Waals surface area contributed by atoms with Crippen molar-refractivity contribution in [2.75, 3.05) is 25.6 Å². The summed E-state index contributed by atoms with van der Waals surface area (Å²) in [6.07, 6.45) is 1.42. The number of ether oxygens (including phenoxy) is 4. The van der Waals surface area contributed by atoms with E-state index < -0.39 is 5.91 Å². The maximum atomic E-state index is 12.8. The fraction of sp³-hybridized carbons (Fsp3) is 0.206. The molecule has 0 bridgehead atoms. The molecule has 0 saturated heterocycles. The molecule has 44 heavy (non-hydrogen) atoms. The van der Waals surface area contributed by atoms with Crippen molar-refractivity contribution >= 4 is 35.3 Å². The van der Waals surface area contributed by atoms with Gasteiger partial charge in [0.15, 0.2) is 29.6 Å². The highest BCUT2D eigenvalue weighted by Crippen LogP contribution is 2.36. The highest BCUT2D eigenvalue weighted by atomic mass is 35.5. The quantitative estimate of drug-likeness (QED) is 0.128. The Labute approximate surface area is 261 Å². The maximum Gasteiger partial charge on any atom is 0.271 e. The Morgan fingerprint density at radius 2 is 1.68 bits per heavy atom. The molecule has 2 amide bonds. The molecule has 0 spiro atoms. The van der Waals surface area contributed by atoms with Gasteiger partial charge in [0.05, 0.1) is 25.0 Å². The second-order valence-electron chi connectivity index (χ2n) is 9.69. The van der Waals surface area contributed by atoms with Gasteiger partial charge in [0, 0.05) is 11.3 Å². The first kappa shape index (κ1) is 31.9. The van der Waals surface area contributed by atoms with E-state index in [2.05, 4.69) is 15.8 Å². The second-order valence-corrected chi connectivity index (χ2v) is 10.1. The summed E-state index contributed by atoms with van der Waals surface area (Å²) < 4.78 is 22.7. The molecule has 0 aliphatic rings. The average molecular weight is 616 g/mol. The highest BCUT2D eigenvalue weighted by Gasteiger charge is 2.15. The lowest BCUT2D eigenvalue weighted by Gasteiger charge is -2.14. The summed E-state index contributed by atoms with van der Waals surface area (Å²) >= 11 is 6.46. The number of hydrogen-bond donors (Lipinski definition) is 2. The molecule has 0 fully saturated rings. The molecule has 9 nitrogen and oxygen atoms in total. The molecule has 0 aliphatic heterocycles. The van der Waals surface area contributed by atoms with Crippen LogP contribution >= 0.6 is 11.6 Å². The Morgan fingerprint density at radius 1 is 0.886 bits per heavy atom. The van der Waals surface area contributed by atoms with Crippen molar-refractivity contribution in [1.82, 2.24) is 5.43 Å². The SMILES string of the molecule is CCOc1cc(C(=O)N/N=C/c2cc(Cl)c(OCC(=O)Nc3cccc(C)c3C)c(OC)c2)ccc1OCc1ccccc1. The van der Waals surface area contributed by atoms with Crippen LogP contribution in [0.25, 0.3) is 0 Å². The van der Waals surface area contributed by atoms with Crippen LogP contribution < -0.4 is 29.7 Å². The summed E-state index contributed by atoms with van der Waals surface area (Å²) in [6, 6.07) is 23.6. The van der Waals surface area contributed by atoms with Gasteiger partial charge in [-0.2, -0.15) is 5.10 Å². The number of nitrogens with zero attached hydrogens (tertiary/aromatic N) is 1. The van der Waals surface area contributed by atoms with Gasteiger partial charge < -0.3 is 24.3 Å². The van der Waals surface area contributed by atoms with E-state index in [0.717, 1.165) is 16.7 Å². The smallest absolute Gasteiger partial charge is 0.271 e. The predicted octanol–water partition coefficient (Wildman–Crippen LogP) is 6.72. The molecule has 0 unspecified atom stereocenters. The Morgan fingerprint density at radius 3 is 2.43 bits per heavy atom. The van der Waals surface area contributed by atoms with Gasteiger partial charge in [-0.15, -0.1) is 0 Å². The summed E-state index contributed by atoms with van der Waals surface area (Å²) in [6.45, 7) is 6.27. The number of hydrogen-bond acceptors (Lipinski definition) is 7. The van der Waals surface area contributed by atoms with Crippen LogP contribution in [0, 0.1) is 13.8 Å². The molecule has 2 N–H and O–H groups in total. The molecule has 0 aliphatic carbocycles. The van der Waals surface area contributed by atoms with Crippen molar-refractivity contribution in [1.29, 1.82) is 0 Å². The first-order valence-corrected chi connectivity index (χ1v) is 14.3. The zero-order chi connectivity index (χ0) is 31.5. The van der Waals surface area contributed by atoms with Crippen LogP contribution in [0.4, 0.5) is 5.69 Å². The molecule has 0 radical (unpaired) electrons. The van der Waals surface area contributed by atoms with Gasteiger partial charge in [0.2, 0.25) is 0 Å². The third kappa shape index (κ3) is 8.52. The van der Waals surface area contributed by atoms with Crippen LogP contribution in [-0.4, -0.2) is 38.4 Å². The molecular formula is C34H34ClN3O6. The van der Waals surface area contributed by atoms with Crippen LogP contribution in [0.1, 0.15) is 39.5 Å². The first-order chi connectivity index (χ1) is 21.3. The van der Waals surface area contributed by atoms with E-state index in [4.69, 9.17) is 30.5 Å². The van der Waals surface area contributed by atoms with Crippen molar-refractivity contribution in [3.8, 4) is 23.0 Å². The summed E-state index contributed by atoms with van der Waals surface area (Å²) in [5.41, 5.74) is 7.16. The summed E-state index contributed by atoms with van der Waals surface area (Å²) in [5, 5.41) is 7.11. The van der Waals surface area contributed by atoms with Crippen molar-refractivity contribution < 1.29 is 28.5 Å². The fourth-order valence-electron chi connectivity index (χ4n) is 4.17. The average Bonchev–Trinajstić information content (AvgIpc) is 3.02. The molecule has 10 heteroatoms. The number of aryl methyl sites for hydroxylation is 1. The van der Waals surface area contributed by atoms with E-state index >= 15 is 0 Å². The minimum Gasteiger partial charge on any atom is -0.493 e. The number of hydrazone groups is 1. The van der Waals surface area contributed by atoms with Gasteiger partial charge in [-0.25, -0.2) is 5.43 Å². The normalized spacial score (nSPS) is 10.8. The first-order valence-electron chi connectivity index (χ1n) is 13.9. The van der Waals surface area contributed by atoms with E-state index in [0.29, 0.717) is 47.3 Å². The Bertz CT molecular complexity index is 1640. The lowest BCUT2D eigenvalue weighted by molar-refractivity contribution is -0.118. The fourth-order valence-corrected chi connectivity index (χ4v) is 4.44. The molecule has 4 aromatic rings. The number of halogens is 1. The molecule has 0 atom stereocenters. The van der Waals surface area contributed by atoms with Crippen molar-refractivity contribution in [3.63, 3.8) is 0 Å². The van der Waals surface area contributed by atoms with E-state index in [1.165, 1.54) is 13.3 Å².